The lowest BCUT2D eigenvalue weighted by Gasteiger charge is -2.29. The average Bonchev–Trinajstić information content (AvgIpc) is 2.83. The van der Waals surface area contributed by atoms with Crippen LogP contribution >= 0.6 is 0 Å². The Bertz CT molecular complexity index is 1030. The lowest BCUT2D eigenvalue weighted by Crippen LogP contribution is -2.42. The van der Waals surface area contributed by atoms with E-state index in [2.05, 4.69) is 0 Å². The second-order valence-electron chi connectivity index (χ2n) is 7.70. The minimum atomic E-state index is -0.925. The van der Waals surface area contributed by atoms with E-state index in [1.165, 1.54) is 0 Å². The summed E-state index contributed by atoms with van der Waals surface area (Å²) >= 11 is 0. The number of hydrogen-bond acceptors (Lipinski definition) is 6. The van der Waals surface area contributed by atoms with Gasteiger partial charge in [0.05, 0.1) is 21.3 Å². The first kappa shape index (κ1) is 23.9. The van der Waals surface area contributed by atoms with Crippen LogP contribution < -0.4 is 14.2 Å². The molecule has 0 bridgehead atoms. The van der Waals surface area contributed by atoms with E-state index in [1.54, 1.807) is 51.7 Å². The average molecular weight is 452 g/mol. The molecule has 0 aliphatic carbocycles. The van der Waals surface area contributed by atoms with Crippen molar-refractivity contribution < 1.29 is 29.2 Å². The molecule has 7 heteroatoms. The molecule has 0 saturated heterocycles. The molecule has 0 aromatic heterocycles. The van der Waals surface area contributed by atoms with Crippen molar-refractivity contribution in [3.05, 3.63) is 83.4 Å². The zero-order chi connectivity index (χ0) is 23.8. The third-order valence-electron chi connectivity index (χ3n) is 5.43. The summed E-state index contributed by atoms with van der Waals surface area (Å²) in [5, 5.41) is 19.7. The predicted molar refractivity (Wildman–Crippen MR) is 125 cm³/mol. The first-order valence-electron chi connectivity index (χ1n) is 10.5. The number of carboxylic acid groups (broad SMARTS) is 1. The molecule has 0 saturated carbocycles. The van der Waals surface area contributed by atoms with Crippen LogP contribution in [0.2, 0.25) is 0 Å². The topological polar surface area (TPSA) is 88.5 Å². The summed E-state index contributed by atoms with van der Waals surface area (Å²) in [4.78, 5) is 14.3. The van der Waals surface area contributed by atoms with Gasteiger partial charge in [0, 0.05) is 19.2 Å². The molecule has 174 valence electrons. The molecule has 0 radical (unpaired) electrons. The Balaban J connectivity index is 1.94. The lowest BCUT2D eigenvalue weighted by molar-refractivity contribution is -0.143. The standard InChI is InChI=1S/C26H29NO6/c1-31-22-10-6-19(7-11-22)16-27(17-20-12-23(32-2)15-24(13-20)33-3)25(26(29)30)14-18-4-8-21(28)9-5-18/h4-13,15,25,28H,14,16-17H2,1-3H3,(H,29,30)/t25-/m0/s1. The Morgan fingerprint density at radius 1 is 0.758 bits per heavy atom. The Labute approximate surface area is 193 Å². The van der Waals surface area contributed by atoms with Crippen molar-refractivity contribution in [2.75, 3.05) is 21.3 Å². The summed E-state index contributed by atoms with van der Waals surface area (Å²) in [6.45, 7) is 0.785. The highest BCUT2D eigenvalue weighted by molar-refractivity contribution is 5.74. The van der Waals surface area contributed by atoms with Crippen molar-refractivity contribution in [2.24, 2.45) is 0 Å². The van der Waals surface area contributed by atoms with E-state index >= 15 is 0 Å². The van der Waals surface area contributed by atoms with E-state index in [9.17, 15) is 15.0 Å². The lowest BCUT2D eigenvalue weighted by atomic mass is 10.0. The number of phenolic OH excluding ortho intramolecular Hbond substituents is 1. The molecule has 2 N–H and O–H groups in total. The molecule has 0 aliphatic rings. The monoisotopic (exact) mass is 451 g/mol. The quantitative estimate of drug-likeness (QED) is 0.453. The normalized spacial score (nSPS) is 11.8. The van der Waals surface area contributed by atoms with E-state index in [1.807, 2.05) is 41.3 Å². The molecular formula is C26H29NO6. The van der Waals surface area contributed by atoms with Crippen molar-refractivity contribution in [3.63, 3.8) is 0 Å². The van der Waals surface area contributed by atoms with Crippen molar-refractivity contribution >= 4 is 5.97 Å². The minimum absolute atomic E-state index is 0.143. The second kappa shape index (κ2) is 11.2. The van der Waals surface area contributed by atoms with E-state index in [4.69, 9.17) is 14.2 Å². The molecule has 0 fully saturated rings. The molecule has 0 unspecified atom stereocenters. The van der Waals surface area contributed by atoms with Crippen LogP contribution in [0.15, 0.2) is 66.7 Å². The molecule has 0 spiro atoms. The van der Waals surface area contributed by atoms with Gasteiger partial charge >= 0.3 is 5.97 Å². The van der Waals surface area contributed by atoms with Crippen LogP contribution in [-0.4, -0.2) is 48.5 Å². The van der Waals surface area contributed by atoms with Gasteiger partial charge in [0.1, 0.15) is 29.0 Å². The molecule has 7 nitrogen and oxygen atoms in total. The Morgan fingerprint density at radius 3 is 1.79 bits per heavy atom. The predicted octanol–water partition coefficient (Wildman–Crippen LogP) is 4.12. The Morgan fingerprint density at radius 2 is 1.27 bits per heavy atom. The van der Waals surface area contributed by atoms with E-state index in [-0.39, 0.29) is 12.2 Å². The maximum Gasteiger partial charge on any atom is 0.321 e. The number of aliphatic carboxylic acids is 1. The number of nitrogens with zero attached hydrogens (tertiary/aromatic N) is 1. The van der Waals surface area contributed by atoms with Gasteiger partial charge in [0.25, 0.3) is 0 Å². The Kier molecular flexibility index (Phi) is 8.16. The number of rotatable bonds is 11. The summed E-state index contributed by atoms with van der Waals surface area (Å²) in [7, 11) is 4.77. The zero-order valence-electron chi connectivity index (χ0n) is 19.0. The maximum atomic E-state index is 12.4. The first-order valence-corrected chi connectivity index (χ1v) is 10.5. The van der Waals surface area contributed by atoms with Gasteiger partial charge in [-0.05, 0) is 59.5 Å². The molecule has 0 aliphatic heterocycles. The summed E-state index contributed by atoms with van der Waals surface area (Å²) in [6, 6.07) is 18.9. The molecule has 1 atom stereocenters. The third kappa shape index (κ3) is 6.63. The minimum Gasteiger partial charge on any atom is -0.508 e. The second-order valence-corrected chi connectivity index (χ2v) is 7.70. The number of methoxy groups -OCH3 is 3. The molecule has 3 aromatic carbocycles. The van der Waals surface area contributed by atoms with Crippen molar-refractivity contribution in [3.8, 4) is 23.0 Å². The van der Waals surface area contributed by atoms with Crippen LogP contribution in [0.3, 0.4) is 0 Å². The van der Waals surface area contributed by atoms with Gasteiger partial charge in [0.2, 0.25) is 0 Å². The smallest absolute Gasteiger partial charge is 0.321 e. The SMILES string of the molecule is COc1ccc(CN(Cc2cc(OC)cc(OC)c2)[C@@H](Cc2ccc(O)cc2)C(=O)O)cc1. The third-order valence-corrected chi connectivity index (χ3v) is 5.43. The summed E-state index contributed by atoms with van der Waals surface area (Å²) in [5.74, 6) is 1.23. The van der Waals surface area contributed by atoms with Gasteiger partial charge in [-0.2, -0.15) is 0 Å². The fourth-order valence-corrected chi connectivity index (χ4v) is 3.66. The molecular weight excluding hydrogens is 422 g/mol. The number of aromatic hydroxyl groups is 1. The molecule has 3 aromatic rings. The number of carbonyl (C=O) groups is 1. The van der Waals surface area contributed by atoms with Gasteiger partial charge in [-0.15, -0.1) is 0 Å². The van der Waals surface area contributed by atoms with Crippen LogP contribution in [0.5, 0.6) is 23.0 Å². The molecule has 3 rings (SSSR count). The summed E-state index contributed by atoms with van der Waals surface area (Å²) < 4.78 is 16.0. The summed E-state index contributed by atoms with van der Waals surface area (Å²) in [6.07, 6.45) is 0.285. The first-order chi connectivity index (χ1) is 15.9. The zero-order valence-corrected chi connectivity index (χ0v) is 19.0. The number of benzene rings is 3. The van der Waals surface area contributed by atoms with Crippen LogP contribution in [0.1, 0.15) is 16.7 Å². The van der Waals surface area contributed by atoms with Gasteiger partial charge in [-0.3, -0.25) is 9.69 Å². The highest BCUT2D eigenvalue weighted by atomic mass is 16.5. The summed E-state index contributed by atoms with van der Waals surface area (Å²) in [5.41, 5.74) is 2.66. The highest BCUT2D eigenvalue weighted by Gasteiger charge is 2.27. The van der Waals surface area contributed by atoms with Crippen molar-refractivity contribution in [2.45, 2.75) is 25.6 Å². The van der Waals surface area contributed by atoms with E-state index in [0.29, 0.717) is 24.6 Å². The van der Waals surface area contributed by atoms with E-state index < -0.39 is 12.0 Å². The highest BCUT2D eigenvalue weighted by Crippen LogP contribution is 2.26. The van der Waals surface area contributed by atoms with Crippen molar-refractivity contribution in [1.82, 2.24) is 4.90 Å². The molecule has 0 amide bonds. The van der Waals surface area contributed by atoms with Gasteiger partial charge in [0.15, 0.2) is 0 Å². The van der Waals surface area contributed by atoms with Gasteiger partial charge in [-0.25, -0.2) is 0 Å². The van der Waals surface area contributed by atoms with Crippen LogP contribution in [-0.2, 0) is 24.3 Å². The maximum absolute atomic E-state index is 12.4. The van der Waals surface area contributed by atoms with Crippen LogP contribution in [0.25, 0.3) is 0 Å². The number of ether oxygens (including phenoxy) is 3. The van der Waals surface area contributed by atoms with Crippen molar-refractivity contribution in [1.29, 1.82) is 0 Å². The molecule has 0 heterocycles. The van der Waals surface area contributed by atoms with Gasteiger partial charge < -0.3 is 24.4 Å². The number of hydrogen-bond donors (Lipinski definition) is 2. The number of carboxylic acids is 1. The largest absolute Gasteiger partial charge is 0.508 e. The van der Waals surface area contributed by atoms with Crippen LogP contribution in [0.4, 0.5) is 0 Å². The number of phenols is 1. The molecule has 33 heavy (non-hydrogen) atoms. The fraction of sp³-hybridized carbons (Fsp3) is 0.269. The Hall–Kier alpha value is -3.71. The van der Waals surface area contributed by atoms with E-state index in [0.717, 1.165) is 22.4 Å². The van der Waals surface area contributed by atoms with Crippen LogP contribution in [0, 0.1) is 0 Å². The fourth-order valence-electron chi connectivity index (χ4n) is 3.66. The van der Waals surface area contributed by atoms with Gasteiger partial charge in [-0.1, -0.05) is 24.3 Å².